The first-order chi connectivity index (χ1) is 19.8. The van der Waals surface area contributed by atoms with Crippen LogP contribution < -0.4 is 14.4 Å². The number of aliphatic hydroxyl groups is 1. The fourth-order valence-corrected chi connectivity index (χ4v) is 8.62. The monoisotopic (exact) mass is 594 g/mol. The van der Waals surface area contributed by atoms with Crippen LogP contribution in [0, 0.1) is 23.7 Å². The largest absolute Gasteiger partial charge is 0.490 e. The molecule has 3 unspecified atom stereocenters. The van der Waals surface area contributed by atoms with Gasteiger partial charge in [-0.15, -0.1) is 5.92 Å². The van der Waals surface area contributed by atoms with Gasteiger partial charge in [-0.2, -0.15) is 0 Å². The van der Waals surface area contributed by atoms with Gasteiger partial charge in [-0.05, 0) is 106 Å². The molecule has 1 saturated carbocycles. The number of carbonyl (C=O) groups excluding carboxylic acids is 1. The Morgan fingerprint density at radius 3 is 2.80 bits per heavy atom. The van der Waals surface area contributed by atoms with E-state index in [9.17, 15) is 14.1 Å². The van der Waals surface area contributed by atoms with Gasteiger partial charge in [0.2, 0.25) is 0 Å². The van der Waals surface area contributed by atoms with Gasteiger partial charge in [0.15, 0.2) is 0 Å². The molecule has 6 rings (SSSR count). The van der Waals surface area contributed by atoms with Crippen LogP contribution in [0.5, 0.6) is 5.75 Å². The highest BCUT2D eigenvalue weighted by Crippen LogP contribution is 2.48. The summed E-state index contributed by atoms with van der Waals surface area (Å²) in [5.74, 6) is 7.38. The number of carbonyl (C=O) groups is 1. The average Bonchev–Trinajstić information content (AvgIpc) is 3.07. The van der Waals surface area contributed by atoms with E-state index in [2.05, 4.69) is 33.6 Å². The van der Waals surface area contributed by atoms with E-state index in [1.807, 2.05) is 18.2 Å². The van der Waals surface area contributed by atoms with Crippen LogP contribution in [-0.4, -0.2) is 46.3 Å². The van der Waals surface area contributed by atoms with Crippen molar-refractivity contribution in [3.05, 3.63) is 58.1 Å². The molecule has 1 amide bonds. The van der Waals surface area contributed by atoms with Crippen molar-refractivity contribution >= 4 is 34.2 Å². The summed E-state index contributed by atoms with van der Waals surface area (Å²) in [5.41, 5.74) is 2.68. The van der Waals surface area contributed by atoms with Crippen LogP contribution in [0.25, 0.3) is 0 Å². The maximum Gasteiger partial charge on any atom is 0.263 e. The highest BCUT2D eigenvalue weighted by molar-refractivity contribution is 7.83. The minimum absolute atomic E-state index is 0.0875. The number of fused-ring (bicyclic) bond motifs is 4. The summed E-state index contributed by atoms with van der Waals surface area (Å²) in [7, 11) is -1.46. The normalized spacial score (nSPS) is 31.7. The topological polar surface area (TPSA) is 78.9 Å². The third-order valence-electron chi connectivity index (χ3n) is 9.72. The van der Waals surface area contributed by atoms with Gasteiger partial charge in [-0.1, -0.05) is 30.0 Å². The number of ether oxygens (including phenoxy) is 1. The van der Waals surface area contributed by atoms with E-state index in [-0.39, 0.29) is 23.2 Å². The predicted molar refractivity (Wildman–Crippen MR) is 164 cm³/mol. The number of anilines is 1. The summed E-state index contributed by atoms with van der Waals surface area (Å²) in [6.07, 6.45) is 8.00. The molecule has 218 valence electrons. The molecule has 2 aliphatic carbocycles. The van der Waals surface area contributed by atoms with Gasteiger partial charge in [-0.3, -0.25) is 9.52 Å². The van der Waals surface area contributed by atoms with E-state index in [0.717, 1.165) is 80.9 Å². The third-order valence-corrected chi connectivity index (χ3v) is 11.0. The van der Waals surface area contributed by atoms with E-state index in [1.165, 1.54) is 11.1 Å². The van der Waals surface area contributed by atoms with E-state index >= 15 is 0 Å². The number of nitrogens with one attached hydrogen (secondary N) is 1. The van der Waals surface area contributed by atoms with E-state index in [4.69, 9.17) is 16.3 Å². The molecule has 2 bridgehead atoms. The minimum Gasteiger partial charge on any atom is -0.490 e. The Balaban J connectivity index is 1.42. The van der Waals surface area contributed by atoms with Crippen molar-refractivity contribution in [2.75, 3.05) is 30.3 Å². The molecule has 0 aromatic heterocycles. The lowest BCUT2D eigenvalue weighted by atomic mass is 9.63. The van der Waals surface area contributed by atoms with Crippen molar-refractivity contribution in [2.45, 2.75) is 75.7 Å². The highest BCUT2D eigenvalue weighted by atomic mass is 35.5. The Hall–Kier alpha value is -2.53. The number of amides is 1. The second kappa shape index (κ2) is 11.6. The van der Waals surface area contributed by atoms with Crippen LogP contribution in [0.4, 0.5) is 5.69 Å². The molecule has 2 N–H and O–H groups in total. The number of nitrogens with zero attached hydrogens (tertiary/aromatic N) is 1. The summed E-state index contributed by atoms with van der Waals surface area (Å²) in [4.78, 5) is 15.5. The first-order valence-electron chi connectivity index (χ1n) is 15.0. The first-order valence-corrected chi connectivity index (χ1v) is 16.7. The van der Waals surface area contributed by atoms with Crippen molar-refractivity contribution in [2.24, 2.45) is 11.8 Å². The summed E-state index contributed by atoms with van der Waals surface area (Å²) < 4.78 is 21.9. The first kappa shape index (κ1) is 28.6. The summed E-state index contributed by atoms with van der Waals surface area (Å²) in [5, 5.41) is 12.6. The zero-order valence-corrected chi connectivity index (χ0v) is 25.3. The highest BCUT2D eigenvalue weighted by Gasteiger charge is 2.48. The van der Waals surface area contributed by atoms with E-state index in [0.29, 0.717) is 24.3 Å². The minimum atomic E-state index is -1.46. The van der Waals surface area contributed by atoms with Gasteiger partial charge < -0.3 is 14.7 Å². The van der Waals surface area contributed by atoms with Gasteiger partial charge in [-0.25, -0.2) is 4.21 Å². The second-order valence-corrected chi connectivity index (χ2v) is 14.1. The molecule has 41 heavy (non-hydrogen) atoms. The standard InChI is InChI=1S/C33H39ClN2O4S/c1-2-14-33(38)16-4-3-5-17-41(39)35-31(37)24-9-13-30-29(19-24)36(20-25-8-11-28(25)33)21-32(22-40-30)15-6-7-23-18-26(34)10-12-27(23)32/h9-10,12-13,18-19,25,28,38H,3-8,11,15-17,20-22H2,1H3,(H,35,37)/t25?,28?,32-,33+,41?/m0/s1. The molecular formula is C33H39ClN2O4S. The zero-order chi connectivity index (χ0) is 28.6. The van der Waals surface area contributed by atoms with Crippen molar-refractivity contribution in [1.29, 1.82) is 0 Å². The number of rotatable bonds is 0. The number of halogens is 1. The molecule has 2 aliphatic heterocycles. The van der Waals surface area contributed by atoms with Crippen molar-refractivity contribution in [3.8, 4) is 17.6 Å². The lowest BCUT2D eigenvalue weighted by molar-refractivity contribution is -0.0444. The molecule has 2 aromatic rings. The van der Waals surface area contributed by atoms with Crippen LogP contribution in [-0.2, 0) is 22.8 Å². The van der Waals surface area contributed by atoms with Crippen LogP contribution in [0.2, 0.25) is 5.02 Å². The molecule has 8 heteroatoms. The molecule has 6 nitrogen and oxygen atoms in total. The van der Waals surface area contributed by atoms with Gasteiger partial charge in [0.05, 0.1) is 12.3 Å². The third kappa shape index (κ3) is 5.63. The molecule has 2 heterocycles. The maximum atomic E-state index is 13.1. The van der Waals surface area contributed by atoms with E-state index < -0.39 is 16.6 Å². The van der Waals surface area contributed by atoms with Gasteiger partial charge in [0.25, 0.3) is 5.91 Å². The number of hydrogen-bond acceptors (Lipinski definition) is 5. The zero-order valence-electron chi connectivity index (χ0n) is 23.7. The van der Waals surface area contributed by atoms with Crippen LogP contribution in [0.15, 0.2) is 36.4 Å². The summed E-state index contributed by atoms with van der Waals surface area (Å²) >= 11 is 6.40. The van der Waals surface area contributed by atoms with Crippen LogP contribution in [0.1, 0.15) is 79.8 Å². The van der Waals surface area contributed by atoms with Crippen molar-refractivity contribution < 1.29 is 18.8 Å². The van der Waals surface area contributed by atoms with Crippen LogP contribution >= 0.6 is 11.6 Å². The quantitative estimate of drug-likeness (QED) is 0.390. The molecule has 0 radical (unpaired) electrons. The smallest absolute Gasteiger partial charge is 0.263 e. The Kier molecular flexibility index (Phi) is 8.11. The van der Waals surface area contributed by atoms with Crippen molar-refractivity contribution in [3.63, 3.8) is 0 Å². The van der Waals surface area contributed by atoms with Gasteiger partial charge >= 0.3 is 0 Å². The molecule has 0 saturated heterocycles. The Morgan fingerprint density at radius 2 is 2.00 bits per heavy atom. The number of hydrogen-bond donors (Lipinski definition) is 2. The maximum absolute atomic E-state index is 13.1. The molecule has 1 spiro atoms. The molecular weight excluding hydrogens is 556 g/mol. The predicted octanol–water partition coefficient (Wildman–Crippen LogP) is 5.56. The molecule has 1 fully saturated rings. The SMILES string of the molecule is CC#C[C@@]1(O)CCCCCS(=O)NC(=O)c2ccc3c(c2)N(CC2CCC21)C[C@@]1(CCCc2cc(Cl)ccc21)CO3. The fraction of sp³-hybridized carbons (Fsp3) is 0.545. The lowest BCUT2D eigenvalue weighted by Gasteiger charge is -2.48. The van der Waals surface area contributed by atoms with Crippen molar-refractivity contribution in [1.82, 2.24) is 4.72 Å². The molecule has 4 aliphatic rings. The summed E-state index contributed by atoms with van der Waals surface area (Å²) in [6, 6.07) is 11.8. The lowest BCUT2D eigenvalue weighted by Crippen LogP contribution is -2.52. The fourth-order valence-electron chi connectivity index (χ4n) is 7.53. The van der Waals surface area contributed by atoms with Crippen LogP contribution in [0.3, 0.4) is 0 Å². The molecule has 2 aromatic carbocycles. The second-order valence-electron chi connectivity index (χ2n) is 12.3. The Morgan fingerprint density at radius 1 is 1.12 bits per heavy atom. The number of benzene rings is 2. The molecule has 5 atom stereocenters. The Bertz CT molecular complexity index is 1420. The van der Waals surface area contributed by atoms with Gasteiger partial charge in [0.1, 0.15) is 22.3 Å². The summed E-state index contributed by atoms with van der Waals surface area (Å²) in [6.45, 7) is 3.83. The van der Waals surface area contributed by atoms with E-state index in [1.54, 1.807) is 13.0 Å². The average molecular weight is 595 g/mol. The Labute approximate surface area is 250 Å². The number of aryl methyl sites for hydroxylation is 1. The van der Waals surface area contributed by atoms with Gasteiger partial charge in [0, 0.05) is 40.8 Å².